The Labute approximate surface area is 171 Å². The molecule has 0 spiro atoms. The Morgan fingerprint density at radius 2 is 1.83 bits per heavy atom. The first kappa shape index (κ1) is 17.9. The van der Waals surface area contributed by atoms with Crippen molar-refractivity contribution in [3.8, 4) is 0 Å². The van der Waals surface area contributed by atoms with Crippen LogP contribution in [0.25, 0.3) is 11.1 Å². The highest BCUT2D eigenvalue weighted by Gasteiger charge is 2.51. The van der Waals surface area contributed by atoms with Gasteiger partial charge in [-0.05, 0) is 92.7 Å². The molecule has 0 saturated heterocycles. The van der Waals surface area contributed by atoms with Gasteiger partial charge in [0.1, 0.15) is 5.52 Å². The topological polar surface area (TPSA) is 66.6 Å². The largest absolute Gasteiger partial charge is 0.440 e. The van der Waals surface area contributed by atoms with Crippen molar-refractivity contribution < 1.29 is 14.3 Å². The highest BCUT2D eigenvalue weighted by molar-refractivity contribution is 5.97. The van der Waals surface area contributed by atoms with Crippen molar-refractivity contribution in [2.75, 3.05) is 19.7 Å². The van der Waals surface area contributed by atoms with Gasteiger partial charge >= 0.3 is 0 Å². The number of oxazole rings is 1. The molecule has 0 radical (unpaired) electrons. The number of aliphatic hydroxyl groups is 1. The first-order valence-corrected chi connectivity index (χ1v) is 11.4. The molecule has 0 unspecified atom stereocenters. The lowest BCUT2D eigenvalue weighted by molar-refractivity contribution is -0.0662. The number of hydrogen-bond donors (Lipinski definition) is 1. The molecule has 5 aliphatic carbocycles. The fourth-order valence-corrected chi connectivity index (χ4v) is 7.02. The quantitative estimate of drug-likeness (QED) is 0.791. The molecule has 0 atom stereocenters. The van der Waals surface area contributed by atoms with Crippen molar-refractivity contribution >= 4 is 17.0 Å². The van der Waals surface area contributed by atoms with Crippen LogP contribution in [0.2, 0.25) is 0 Å². The predicted molar refractivity (Wildman–Crippen MR) is 110 cm³/mol. The third-order valence-corrected chi connectivity index (χ3v) is 7.93. The van der Waals surface area contributed by atoms with E-state index in [1.165, 1.54) is 38.5 Å². The van der Waals surface area contributed by atoms with Crippen molar-refractivity contribution in [1.29, 1.82) is 0 Å². The number of aliphatic hydroxyl groups excluding tert-OH is 1. The van der Waals surface area contributed by atoms with E-state index in [0.717, 1.165) is 48.5 Å². The second-order valence-corrected chi connectivity index (χ2v) is 10.4. The molecule has 1 amide bonds. The molecule has 5 saturated carbocycles. The molecule has 5 aliphatic rings. The molecule has 154 valence electrons. The molecule has 1 N–H and O–H groups in total. The van der Waals surface area contributed by atoms with Gasteiger partial charge in [0.05, 0.1) is 6.61 Å². The third-order valence-electron chi connectivity index (χ3n) is 7.93. The molecule has 29 heavy (non-hydrogen) atoms. The average Bonchev–Trinajstić information content (AvgIpc) is 3.44. The molecule has 1 heterocycles. The SMILES string of the molecule is O=C(c1ccc2nc(C3CC3)oc2c1)N(CCO)CC12CC3CC(CC(C3)C1)C2. The number of aromatic nitrogens is 1. The molecule has 4 bridgehead atoms. The molecule has 2 aromatic rings. The zero-order valence-electron chi connectivity index (χ0n) is 17.0. The van der Waals surface area contributed by atoms with Gasteiger partial charge < -0.3 is 14.4 Å². The van der Waals surface area contributed by atoms with E-state index in [0.29, 0.717) is 23.6 Å². The summed E-state index contributed by atoms with van der Waals surface area (Å²) >= 11 is 0. The van der Waals surface area contributed by atoms with Crippen molar-refractivity contribution in [1.82, 2.24) is 9.88 Å². The molecule has 0 aliphatic heterocycles. The number of nitrogens with zero attached hydrogens (tertiary/aromatic N) is 2. The maximum absolute atomic E-state index is 13.4. The molecule has 1 aromatic carbocycles. The number of hydrogen-bond acceptors (Lipinski definition) is 4. The minimum atomic E-state index is 0.00842. The van der Waals surface area contributed by atoms with Crippen molar-refractivity contribution in [3.63, 3.8) is 0 Å². The minimum Gasteiger partial charge on any atom is -0.440 e. The van der Waals surface area contributed by atoms with Crippen molar-refractivity contribution in [2.45, 2.75) is 57.3 Å². The van der Waals surface area contributed by atoms with Gasteiger partial charge in [-0.1, -0.05) is 0 Å². The number of benzene rings is 1. The molecular weight excluding hydrogens is 364 g/mol. The Morgan fingerprint density at radius 1 is 1.14 bits per heavy atom. The third kappa shape index (κ3) is 3.18. The normalized spacial score (nSPS) is 32.8. The number of amides is 1. The second-order valence-electron chi connectivity index (χ2n) is 10.4. The van der Waals surface area contributed by atoms with Gasteiger partial charge in [-0.3, -0.25) is 4.79 Å². The van der Waals surface area contributed by atoms with E-state index in [4.69, 9.17) is 4.42 Å². The van der Waals surface area contributed by atoms with Crippen LogP contribution in [0, 0.1) is 23.2 Å². The van der Waals surface area contributed by atoms with Crippen LogP contribution in [0.15, 0.2) is 22.6 Å². The predicted octanol–water partition coefficient (Wildman–Crippen LogP) is 4.36. The first-order valence-electron chi connectivity index (χ1n) is 11.4. The summed E-state index contributed by atoms with van der Waals surface area (Å²) < 4.78 is 5.93. The lowest BCUT2D eigenvalue weighted by atomic mass is 9.49. The number of carbonyl (C=O) groups is 1. The fraction of sp³-hybridized carbons (Fsp3) is 0.667. The van der Waals surface area contributed by atoms with Crippen LogP contribution < -0.4 is 0 Å². The van der Waals surface area contributed by atoms with Crippen LogP contribution in [0.1, 0.15) is 73.5 Å². The first-order chi connectivity index (χ1) is 14.1. The Morgan fingerprint density at radius 3 is 2.45 bits per heavy atom. The summed E-state index contributed by atoms with van der Waals surface area (Å²) in [5.74, 6) is 3.87. The highest BCUT2D eigenvalue weighted by Crippen LogP contribution is 2.60. The summed E-state index contributed by atoms with van der Waals surface area (Å²) in [7, 11) is 0. The number of carbonyl (C=O) groups excluding carboxylic acids is 1. The van der Waals surface area contributed by atoms with E-state index in [1.54, 1.807) is 0 Å². The van der Waals surface area contributed by atoms with E-state index in [1.807, 2.05) is 23.1 Å². The van der Waals surface area contributed by atoms with E-state index in [9.17, 15) is 9.90 Å². The van der Waals surface area contributed by atoms with Crippen molar-refractivity contribution in [3.05, 3.63) is 29.7 Å². The Balaban J connectivity index is 1.25. The van der Waals surface area contributed by atoms with Crippen LogP contribution in [0.4, 0.5) is 0 Å². The summed E-state index contributed by atoms with van der Waals surface area (Å²) in [6.07, 6.45) is 10.3. The van der Waals surface area contributed by atoms with Gasteiger partial charge in [0.15, 0.2) is 11.5 Å². The van der Waals surface area contributed by atoms with Crippen LogP contribution >= 0.6 is 0 Å². The Bertz CT molecular complexity index is 909. The van der Waals surface area contributed by atoms with E-state index < -0.39 is 0 Å². The van der Waals surface area contributed by atoms with E-state index in [2.05, 4.69) is 4.98 Å². The monoisotopic (exact) mass is 394 g/mol. The second kappa shape index (κ2) is 6.56. The van der Waals surface area contributed by atoms with E-state index >= 15 is 0 Å². The molecule has 5 nitrogen and oxygen atoms in total. The van der Waals surface area contributed by atoms with E-state index in [-0.39, 0.29) is 17.9 Å². The molecule has 5 fully saturated rings. The van der Waals surface area contributed by atoms with Crippen LogP contribution in [0.5, 0.6) is 0 Å². The molecule has 1 aromatic heterocycles. The molecular formula is C24H30N2O3. The Hall–Kier alpha value is -1.88. The van der Waals surface area contributed by atoms with Gasteiger partial charge in [0, 0.05) is 24.6 Å². The van der Waals surface area contributed by atoms with Gasteiger partial charge in [-0.15, -0.1) is 0 Å². The lowest BCUT2D eigenvalue weighted by Gasteiger charge is -2.57. The summed E-state index contributed by atoms with van der Waals surface area (Å²) in [6, 6.07) is 5.62. The number of fused-ring (bicyclic) bond motifs is 1. The molecule has 5 heteroatoms. The average molecular weight is 395 g/mol. The van der Waals surface area contributed by atoms with Crippen molar-refractivity contribution in [2.24, 2.45) is 23.2 Å². The maximum atomic E-state index is 13.4. The van der Waals surface area contributed by atoms with Gasteiger partial charge in [0.25, 0.3) is 5.91 Å². The molecule has 7 rings (SSSR count). The lowest BCUT2D eigenvalue weighted by Crippen LogP contribution is -2.52. The van der Waals surface area contributed by atoms with Crippen LogP contribution in [-0.4, -0.2) is 40.6 Å². The Kier molecular flexibility index (Phi) is 4.06. The highest BCUT2D eigenvalue weighted by atomic mass is 16.3. The summed E-state index contributed by atoms with van der Waals surface area (Å²) in [6.45, 7) is 1.20. The minimum absolute atomic E-state index is 0.00842. The summed E-state index contributed by atoms with van der Waals surface area (Å²) in [5, 5.41) is 9.67. The fourth-order valence-electron chi connectivity index (χ4n) is 7.02. The standard InChI is InChI=1S/C24H30N2O3/c27-6-5-26(14-24-11-15-7-16(12-24)9-17(8-15)13-24)23(28)19-3-4-20-21(10-19)29-22(25-20)18-1-2-18/h3-4,10,15-18,27H,1-2,5-9,11-14H2. The smallest absolute Gasteiger partial charge is 0.254 e. The summed E-state index contributed by atoms with van der Waals surface area (Å²) in [5.41, 5.74) is 2.46. The zero-order chi connectivity index (χ0) is 19.6. The van der Waals surface area contributed by atoms with Crippen LogP contribution in [0.3, 0.4) is 0 Å². The number of rotatable bonds is 6. The van der Waals surface area contributed by atoms with Gasteiger partial charge in [-0.2, -0.15) is 0 Å². The van der Waals surface area contributed by atoms with Gasteiger partial charge in [0.2, 0.25) is 0 Å². The maximum Gasteiger partial charge on any atom is 0.254 e. The summed E-state index contributed by atoms with van der Waals surface area (Å²) in [4.78, 5) is 19.9. The van der Waals surface area contributed by atoms with Gasteiger partial charge in [-0.25, -0.2) is 4.98 Å². The zero-order valence-corrected chi connectivity index (χ0v) is 17.0. The van der Waals surface area contributed by atoms with Crippen LogP contribution in [-0.2, 0) is 0 Å².